The van der Waals surface area contributed by atoms with Gasteiger partial charge in [0.05, 0.1) is 12.9 Å². The second kappa shape index (κ2) is 10.6. The highest BCUT2D eigenvalue weighted by Gasteiger charge is 2.19. The van der Waals surface area contributed by atoms with Gasteiger partial charge in [-0.3, -0.25) is 4.79 Å². The summed E-state index contributed by atoms with van der Waals surface area (Å²) in [5, 5.41) is 3.89. The Hall–Kier alpha value is -2.57. The molecule has 1 N–H and O–H groups in total. The summed E-state index contributed by atoms with van der Waals surface area (Å²) in [7, 11) is 1.65. The van der Waals surface area contributed by atoms with Gasteiger partial charge in [0.15, 0.2) is 0 Å². The van der Waals surface area contributed by atoms with Gasteiger partial charge in [-0.15, -0.1) is 0 Å². The van der Waals surface area contributed by atoms with Crippen molar-refractivity contribution in [3.8, 4) is 16.9 Å². The van der Waals surface area contributed by atoms with Crippen LogP contribution in [0.15, 0.2) is 51.6 Å². The minimum absolute atomic E-state index is 0.130. The lowest BCUT2D eigenvalue weighted by Gasteiger charge is -2.15. The third-order valence-corrected chi connectivity index (χ3v) is 5.61. The highest BCUT2D eigenvalue weighted by molar-refractivity contribution is 9.10. The van der Waals surface area contributed by atoms with Crippen LogP contribution in [-0.4, -0.2) is 32.8 Å². The van der Waals surface area contributed by atoms with Gasteiger partial charge in [-0.05, 0) is 56.5 Å². The normalized spacial score (nSPS) is 11.7. The number of aryl methyl sites for hydroxylation is 1. The van der Waals surface area contributed by atoms with E-state index in [-0.39, 0.29) is 5.91 Å². The highest BCUT2D eigenvalue weighted by atomic mass is 79.9. The van der Waals surface area contributed by atoms with Crippen molar-refractivity contribution in [1.29, 1.82) is 0 Å². The van der Waals surface area contributed by atoms with Gasteiger partial charge in [0.1, 0.15) is 11.3 Å². The van der Waals surface area contributed by atoms with E-state index in [0.29, 0.717) is 19.8 Å². The number of carbonyl (C=O) groups is 1. The van der Waals surface area contributed by atoms with E-state index in [9.17, 15) is 4.79 Å². The Morgan fingerprint density at radius 1 is 1.26 bits per heavy atom. The van der Waals surface area contributed by atoms with Crippen LogP contribution < -0.4 is 10.1 Å². The lowest BCUT2D eigenvalue weighted by atomic mass is 9.96. The van der Waals surface area contributed by atoms with Crippen molar-refractivity contribution in [2.24, 2.45) is 0 Å². The van der Waals surface area contributed by atoms with Crippen LogP contribution >= 0.6 is 15.9 Å². The number of fused-ring (bicyclic) bond motifs is 1. The molecule has 3 aromatic rings. The van der Waals surface area contributed by atoms with Crippen molar-refractivity contribution in [3.05, 3.63) is 58.3 Å². The molecule has 0 atom stereocenters. The standard InChI is InChI=1S/C25H28BrNO4/c1-5-30-24-17(3)25-21(22(15-31-25)18-7-9-19(26)10-8-18)14-20(24)16(2)13-23(28)27-11-6-12-29-4/h7-10,13-15H,5-6,11-12H2,1-4H3,(H,27,28)/b16-13+. The summed E-state index contributed by atoms with van der Waals surface area (Å²) in [5.74, 6) is 0.613. The molecule has 1 amide bonds. The van der Waals surface area contributed by atoms with Crippen LogP contribution in [0, 0.1) is 6.92 Å². The number of allylic oxidation sites excluding steroid dienone is 1. The highest BCUT2D eigenvalue weighted by Crippen LogP contribution is 2.40. The number of hydrogen-bond acceptors (Lipinski definition) is 4. The number of ether oxygens (including phenoxy) is 2. The van der Waals surface area contributed by atoms with E-state index in [1.165, 1.54) is 0 Å². The van der Waals surface area contributed by atoms with Crippen molar-refractivity contribution in [2.45, 2.75) is 27.2 Å². The van der Waals surface area contributed by atoms with Crippen LogP contribution in [0.1, 0.15) is 31.4 Å². The summed E-state index contributed by atoms with van der Waals surface area (Å²) in [6, 6.07) is 10.2. The lowest BCUT2D eigenvalue weighted by Crippen LogP contribution is -2.23. The number of methoxy groups -OCH3 is 1. The quantitative estimate of drug-likeness (QED) is 0.292. The molecule has 31 heavy (non-hydrogen) atoms. The molecule has 0 aliphatic rings. The summed E-state index contributed by atoms with van der Waals surface area (Å²) in [6.07, 6.45) is 4.17. The molecule has 0 fully saturated rings. The van der Waals surface area contributed by atoms with E-state index in [1.807, 2.05) is 32.9 Å². The van der Waals surface area contributed by atoms with Crippen molar-refractivity contribution >= 4 is 38.4 Å². The maximum Gasteiger partial charge on any atom is 0.244 e. The lowest BCUT2D eigenvalue weighted by molar-refractivity contribution is -0.116. The molecular weight excluding hydrogens is 458 g/mol. The Bertz CT molecular complexity index is 1080. The number of carbonyl (C=O) groups excluding carboxylic acids is 1. The van der Waals surface area contributed by atoms with Crippen molar-refractivity contribution in [1.82, 2.24) is 5.32 Å². The predicted octanol–water partition coefficient (Wildman–Crippen LogP) is 6.13. The van der Waals surface area contributed by atoms with E-state index in [2.05, 4.69) is 39.4 Å². The SMILES string of the molecule is CCOc1c(/C(C)=C/C(=O)NCCCOC)cc2c(-c3ccc(Br)cc3)coc2c1C. The van der Waals surface area contributed by atoms with E-state index in [1.54, 1.807) is 19.4 Å². The zero-order valence-electron chi connectivity index (χ0n) is 18.4. The maximum absolute atomic E-state index is 12.4. The molecule has 1 heterocycles. The molecule has 5 nitrogen and oxygen atoms in total. The largest absolute Gasteiger partial charge is 0.493 e. The molecular formula is C25H28BrNO4. The molecule has 0 bridgehead atoms. The number of nitrogens with one attached hydrogen (secondary N) is 1. The molecule has 164 valence electrons. The topological polar surface area (TPSA) is 60.7 Å². The second-order valence-electron chi connectivity index (χ2n) is 7.31. The number of halogens is 1. The number of furan rings is 1. The van der Waals surface area contributed by atoms with Gasteiger partial charge in [0, 0.05) is 52.9 Å². The predicted molar refractivity (Wildman–Crippen MR) is 128 cm³/mol. The van der Waals surface area contributed by atoms with E-state index in [0.717, 1.165) is 55.4 Å². The molecule has 0 saturated carbocycles. The molecule has 0 aliphatic heterocycles. The Balaban J connectivity index is 2.03. The molecule has 6 heteroatoms. The van der Waals surface area contributed by atoms with Crippen molar-refractivity contribution < 1.29 is 18.7 Å². The van der Waals surface area contributed by atoms with Crippen LogP contribution in [0.4, 0.5) is 0 Å². The molecule has 3 rings (SSSR count). The minimum Gasteiger partial charge on any atom is -0.493 e. The molecule has 0 radical (unpaired) electrons. The Morgan fingerprint density at radius 3 is 2.68 bits per heavy atom. The summed E-state index contributed by atoms with van der Waals surface area (Å²) in [4.78, 5) is 12.4. The summed E-state index contributed by atoms with van der Waals surface area (Å²) >= 11 is 3.48. The van der Waals surface area contributed by atoms with E-state index in [4.69, 9.17) is 13.9 Å². The Labute approximate surface area is 191 Å². The van der Waals surface area contributed by atoms with Crippen LogP contribution in [0.5, 0.6) is 5.75 Å². The van der Waals surface area contributed by atoms with E-state index >= 15 is 0 Å². The van der Waals surface area contributed by atoms with Gasteiger partial charge >= 0.3 is 0 Å². The third kappa shape index (κ3) is 5.38. The van der Waals surface area contributed by atoms with Gasteiger partial charge in [0.2, 0.25) is 5.91 Å². The molecule has 1 aromatic heterocycles. The van der Waals surface area contributed by atoms with Crippen LogP contribution in [0.3, 0.4) is 0 Å². The summed E-state index contributed by atoms with van der Waals surface area (Å²) in [5.41, 5.74) is 5.51. The first-order valence-electron chi connectivity index (χ1n) is 10.3. The molecule has 0 unspecified atom stereocenters. The van der Waals surface area contributed by atoms with Crippen LogP contribution in [0.2, 0.25) is 0 Å². The van der Waals surface area contributed by atoms with Gasteiger partial charge in [-0.2, -0.15) is 0 Å². The summed E-state index contributed by atoms with van der Waals surface area (Å²) < 4.78 is 18.0. The average molecular weight is 486 g/mol. The molecule has 0 spiro atoms. The zero-order valence-corrected chi connectivity index (χ0v) is 20.0. The molecule has 2 aromatic carbocycles. The van der Waals surface area contributed by atoms with E-state index < -0.39 is 0 Å². The fourth-order valence-electron chi connectivity index (χ4n) is 3.55. The first-order chi connectivity index (χ1) is 15.0. The average Bonchev–Trinajstić information content (AvgIpc) is 3.18. The summed E-state index contributed by atoms with van der Waals surface area (Å²) in [6.45, 7) is 7.58. The Kier molecular flexibility index (Phi) is 7.93. The fourth-order valence-corrected chi connectivity index (χ4v) is 3.81. The molecule has 0 saturated heterocycles. The third-order valence-electron chi connectivity index (χ3n) is 5.08. The molecule has 0 aliphatic carbocycles. The van der Waals surface area contributed by atoms with Crippen LogP contribution in [0.25, 0.3) is 27.7 Å². The first kappa shape index (κ1) is 23.1. The van der Waals surface area contributed by atoms with Gasteiger partial charge in [-0.1, -0.05) is 28.1 Å². The smallest absolute Gasteiger partial charge is 0.244 e. The van der Waals surface area contributed by atoms with Gasteiger partial charge in [0.25, 0.3) is 0 Å². The van der Waals surface area contributed by atoms with Crippen molar-refractivity contribution in [3.63, 3.8) is 0 Å². The monoisotopic (exact) mass is 485 g/mol. The maximum atomic E-state index is 12.4. The van der Waals surface area contributed by atoms with Gasteiger partial charge < -0.3 is 19.2 Å². The minimum atomic E-state index is -0.130. The first-order valence-corrected chi connectivity index (χ1v) is 11.1. The Morgan fingerprint density at radius 2 is 2.00 bits per heavy atom. The fraction of sp³-hybridized carbons (Fsp3) is 0.320. The number of rotatable bonds is 9. The van der Waals surface area contributed by atoms with Gasteiger partial charge in [-0.25, -0.2) is 0 Å². The number of amides is 1. The second-order valence-corrected chi connectivity index (χ2v) is 8.22. The van der Waals surface area contributed by atoms with Crippen LogP contribution in [-0.2, 0) is 9.53 Å². The zero-order chi connectivity index (χ0) is 22.4. The number of hydrogen-bond donors (Lipinski definition) is 1. The van der Waals surface area contributed by atoms with Crippen molar-refractivity contribution in [2.75, 3.05) is 26.9 Å². The number of benzene rings is 2.